The number of nitrogens with two attached hydrogens (primary N) is 1. The number of fused-ring (bicyclic) bond motifs is 1. The van der Waals surface area contributed by atoms with Crippen LogP contribution in [0.15, 0.2) is 12.7 Å². The third kappa shape index (κ3) is 2.53. The molecular formula is C16H22N6OS. The zero-order chi connectivity index (χ0) is 16.7. The van der Waals surface area contributed by atoms with Crippen LogP contribution in [0.2, 0.25) is 0 Å². The summed E-state index contributed by atoms with van der Waals surface area (Å²) in [6, 6.07) is 0.211. The van der Waals surface area contributed by atoms with Crippen molar-refractivity contribution < 1.29 is 4.79 Å². The Bertz CT molecular complexity index is 762. The van der Waals surface area contributed by atoms with Crippen LogP contribution in [0, 0.1) is 5.92 Å². The highest BCUT2D eigenvalue weighted by atomic mass is 32.2. The lowest BCUT2D eigenvalue weighted by Gasteiger charge is -2.24. The van der Waals surface area contributed by atoms with E-state index in [0.717, 1.165) is 38.0 Å². The first-order valence-electron chi connectivity index (χ1n) is 8.43. The second kappa shape index (κ2) is 6.23. The van der Waals surface area contributed by atoms with Gasteiger partial charge in [-0.05, 0) is 25.5 Å². The summed E-state index contributed by atoms with van der Waals surface area (Å²) in [5.74, 6) is 0.919. The maximum Gasteiger partial charge on any atom is 0.226 e. The van der Waals surface area contributed by atoms with E-state index in [4.69, 9.17) is 5.73 Å². The predicted molar refractivity (Wildman–Crippen MR) is 94.6 cm³/mol. The number of nitrogen functional groups attached to an aromatic ring is 1. The zero-order valence-electron chi connectivity index (χ0n) is 13.8. The fourth-order valence-corrected chi connectivity index (χ4v) is 5.01. The number of likely N-dealkylation sites (tertiary alicyclic amines) is 1. The SMILES string of the molecule is CSC1CCCC1C(=O)N1CCC(n2cnc3c(N)ncnc32)C1. The Labute approximate surface area is 145 Å². The van der Waals surface area contributed by atoms with Gasteiger partial charge in [0.1, 0.15) is 11.8 Å². The molecule has 0 bridgehead atoms. The van der Waals surface area contributed by atoms with Gasteiger partial charge in [0.15, 0.2) is 11.5 Å². The van der Waals surface area contributed by atoms with Crippen LogP contribution in [0.1, 0.15) is 31.7 Å². The predicted octanol–water partition coefficient (Wildman–Crippen LogP) is 1.71. The van der Waals surface area contributed by atoms with Gasteiger partial charge in [0.2, 0.25) is 5.91 Å². The Morgan fingerprint density at radius 1 is 1.29 bits per heavy atom. The van der Waals surface area contributed by atoms with Crippen molar-refractivity contribution in [2.45, 2.75) is 37.0 Å². The first kappa shape index (κ1) is 15.7. The molecule has 3 heterocycles. The van der Waals surface area contributed by atoms with Crippen LogP contribution < -0.4 is 5.73 Å². The van der Waals surface area contributed by atoms with Crippen LogP contribution in [0.3, 0.4) is 0 Å². The fraction of sp³-hybridized carbons (Fsp3) is 0.625. The van der Waals surface area contributed by atoms with Crippen molar-refractivity contribution in [3.05, 3.63) is 12.7 Å². The van der Waals surface area contributed by atoms with E-state index in [0.29, 0.717) is 22.5 Å². The van der Waals surface area contributed by atoms with Gasteiger partial charge in [0, 0.05) is 24.3 Å². The summed E-state index contributed by atoms with van der Waals surface area (Å²) in [5.41, 5.74) is 7.26. The number of carbonyl (C=O) groups excluding carboxylic acids is 1. The average molecular weight is 346 g/mol. The monoisotopic (exact) mass is 346 g/mol. The number of anilines is 1. The molecule has 3 atom stereocenters. The van der Waals surface area contributed by atoms with E-state index in [2.05, 4.69) is 21.2 Å². The Hall–Kier alpha value is -1.83. The van der Waals surface area contributed by atoms with Crippen molar-refractivity contribution in [2.24, 2.45) is 5.92 Å². The molecule has 24 heavy (non-hydrogen) atoms. The molecule has 2 aromatic rings. The average Bonchev–Trinajstić information content (AvgIpc) is 3.32. The Kier molecular flexibility index (Phi) is 4.07. The van der Waals surface area contributed by atoms with E-state index >= 15 is 0 Å². The normalized spacial score (nSPS) is 27.2. The molecule has 0 aromatic carbocycles. The standard InChI is InChI=1S/C16H22N6OS/c1-24-12-4-2-3-11(12)16(23)21-6-5-10(7-21)22-9-20-13-14(17)18-8-19-15(13)22/h8-12H,2-7H2,1H3,(H2,17,18,19). The summed E-state index contributed by atoms with van der Waals surface area (Å²) < 4.78 is 2.04. The molecule has 1 aliphatic heterocycles. The third-order valence-corrected chi connectivity index (χ3v) is 6.50. The van der Waals surface area contributed by atoms with Gasteiger partial charge in [-0.15, -0.1) is 0 Å². The molecule has 128 valence electrons. The number of hydrogen-bond donors (Lipinski definition) is 1. The van der Waals surface area contributed by atoms with E-state index in [-0.39, 0.29) is 12.0 Å². The van der Waals surface area contributed by atoms with Gasteiger partial charge in [-0.1, -0.05) is 6.42 Å². The lowest BCUT2D eigenvalue weighted by atomic mass is 10.1. The number of hydrogen-bond acceptors (Lipinski definition) is 6. The lowest BCUT2D eigenvalue weighted by molar-refractivity contribution is -0.134. The third-order valence-electron chi connectivity index (χ3n) is 5.33. The zero-order valence-corrected chi connectivity index (χ0v) is 14.6. The van der Waals surface area contributed by atoms with Gasteiger partial charge < -0.3 is 15.2 Å². The molecule has 7 nitrogen and oxygen atoms in total. The molecule has 3 unspecified atom stereocenters. The molecule has 2 N–H and O–H groups in total. The van der Waals surface area contributed by atoms with E-state index in [1.807, 2.05) is 21.2 Å². The van der Waals surface area contributed by atoms with Gasteiger partial charge >= 0.3 is 0 Å². The number of nitrogens with zero attached hydrogens (tertiary/aromatic N) is 5. The summed E-state index contributed by atoms with van der Waals surface area (Å²) in [5, 5.41) is 0.484. The van der Waals surface area contributed by atoms with Crippen molar-refractivity contribution >= 4 is 34.7 Å². The summed E-state index contributed by atoms with van der Waals surface area (Å²) in [6.45, 7) is 1.53. The first-order chi connectivity index (χ1) is 11.7. The second-order valence-corrected chi connectivity index (χ2v) is 7.70. The minimum atomic E-state index is 0.191. The number of carbonyl (C=O) groups is 1. The summed E-state index contributed by atoms with van der Waals surface area (Å²) in [6.07, 6.45) is 9.65. The topological polar surface area (TPSA) is 89.9 Å². The van der Waals surface area contributed by atoms with Crippen LogP contribution in [0.5, 0.6) is 0 Å². The Balaban J connectivity index is 1.52. The number of imidazole rings is 1. The Morgan fingerprint density at radius 3 is 3.00 bits per heavy atom. The highest BCUT2D eigenvalue weighted by Crippen LogP contribution is 2.36. The molecule has 1 saturated carbocycles. The largest absolute Gasteiger partial charge is 0.382 e. The maximum atomic E-state index is 12.9. The second-order valence-electron chi connectivity index (χ2n) is 6.62. The quantitative estimate of drug-likeness (QED) is 0.910. The van der Waals surface area contributed by atoms with Crippen molar-refractivity contribution in [1.82, 2.24) is 24.4 Å². The van der Waals surface area contributed by atoms with Crippen LogP contribution in [-0.4, -0.2) is 54.9 Å². The molecule has 2 aliphatic rings. The highest BCUT2D eigenvalue weighted by Gasteiger charge is 2.38. The van der Waals surface area contributed by atoms with Crippen LogP contribution >= 0.6 is 11.8 Å². The fourth-order valence-electron chi connectivity index (χ4n) is 4.03. The summed E-state index contributed by atoms with van der Waals surface area (Å²) in [7, 11) is 0. The molecule has 4 rings (SSSR count). The van der Waals surface area contributed by atoms with Crippen molar-refractivity contribution in [3.63, 3.8) is 0 Å². The van der Waals surface area contributed by atoms with Crippen molar-refractivity contribution in [2.75, 3.05) is 25.1 Å². The molecule has 2 aromatic heterocycles. The van der Waals surface area contributed by atoms with Gasteiger partial charge in [0.05, 0.1) is 12.4 Å². The van der Waals surface area contributed by atoms with E-state index in [9.17, 15) is 4.79 Å². The van der Waals surface area contributed by atoms with E-state index < -0.39 is 0 Å². The molecule has 2 fully saturated rings. The highest BCUT2D eigenvalue weighted by molar-refractivity contribution is 7.99. The van der Waals surface area contributed by atoms with Crippen molar-refractivity contribution in [1.29, 1.82) is 0 Å². The van der Waals surface area contributed by atoms with Gasteiger partial charge in [0.25, 0.3) is 0 Å². The molecule has 0 spiro atoms. The van der Waals surface area contributed by atoms with Gasteiger partial charge in [-0.2, -0.15) is 11.8 Å². The Morgan fingerprint density at radius 2 is 2.17 bits per heavy atom. The number of rotatable bonds is 3. The molecule has 1 amide bonds. The van der Waals surface area contributed by atoms with E-state index in [1.165, 1.54) is 12.7 Å². The summed E-state index contributed by atoms with van der Waals surface area (Å²) in [4.78, 5) is 27.6. The summed E-state index contributed by atoms with van der Waals surface area (Å²) >= 11 is 1.84. The molecule has 8 heteroatoms. The van der Waals surface area contributed by atoms with Gasteiger partial charge in [-0.3, -0.25) is 4.79 Å². The minimum Gasteiger partial charge on any atom is -0.382 e. The van der Waals surface area contributed by atoms with Gasteiger partial charge in [-0.25, -0.2) is 15.0 Å². The van der Waals surface area contributed by atoms with E-state index in [1.54, 1.807) is 6.33 Å². The molecule has 0 radical (unpaired) electrons. The van der Waals surface area contributed by atoms with Crippen LogP contribution in [0.25, 0.3) is 11.2 Å². The van der Waals surface area contributed by atoms with Crippen LogP contribution in [0.4, 0.5) is 5.82 Å². The molecule has 1 aliphatic carbocycles. The maximum absolute atomic E-state index is 12.9. The smallest absolute Gasteiger partial charge is 0.226 e. The first-order valence-corrected chi connectivity index (χ1v) is 9.72. The lowest BCUT2D eigenvalue weighted by Crippen LogP contribution is -2.37. The number of amides is 1. The molecule has 1 saturated heterocycles. The van der Waals surface area contributed by atoms with Crippen molar-refractivity contribution in [3.8, 4) is 0 Å². The van der Waals surface area contributed by atoms with Crippen LogP contribution in [-0.2, 0) is 4.79 Å². The molecular weight excluding hydrogens is 324 g/mol. The number of thioether (sulfide) groups is 1. The number of aromatic nitrogens is 4. The minimum absolute atomic E-state index is 0.191.